The molecule has 0 N–H and O–H groups in total. The van der Waals surface area contributed by atoms with Gasteiger partial charge in [0.15, 0.2) is 0 Å². The molecule has 0 radical (unpaired) electrons. The number of hydrogen-bond acceptors (Lipinski definition) is 2. The van der Waals surface area contributed by atoms with Crippen LogP contribution in [0.4, 0.5) is 17.1 Å². The van der Waals surface area contributed by atoms with Gasteiger partial charge in [-0.2, -0.15) is 0 Å². The van der Waals surface area contributed by atoms with Crippen molar-refractivity contribution in [2.24, 2.45) is 14.1 Å². The highest BCUT2D eigenvalue weighted by Crippen LogP contribution is 2.49. The molecule has 2 aliphatic rings. The minimum absolute atomic E-state index is 0.0357. The summed E-state index contributed by atoms with van der Waals surface area (Å²) in [5.74, 6) is 1.80. The van der Waals surface area contributed by atoms with Crippen LogP contribution in [-0.2, 0) is 14.1 Å². The lowest BCUT2D eigenvalue weighted by Gasteiger charge is -2.40. The molecule has 13 rings (SSSR count). The summed E-state index contributed by atoms with van der Waals surface area (Å²) in [6, 6.07) is 59.7. The normalized spacial score (nSPS) is 13.2. The first kappa shape index (κ1) is 30.2. The summed E-state index contributed by atoms with van der Waals surface area (Å²) < 4.78 is 14.4. The summed E-state index contributed by atoms with van der Waals surface area (Å²) in [6.07, 6.45) is 0. The van der Waals surface area contributed by atoms with Gasteiger partial charge in [-0.25, -0.2) is 0 Å². The number of fused-ring (bicyclic) bond motifs is 16. The van der Waals surface area contributed by atoms with Crippen LogP contribution in [-0.4, -0.2) is 20.4 Å². The van der Waals surface area contributed by atoms with Crippen molar-refractivity contribution in [2.45, 2.75) is 0 Å². The molecule has 0 bridgehead atoms. The lowest BCUT2D eigenvalue weighted by molar-refractivity contribution is 0.487. The molecule has 11 aromatic rings. The number of para-hydroxylation sites is 6. The Bertz CT molecular complexity index is 3470. The monoisotopic (exact) mass is 716 g/mol. The SMILES string of the molecule is Cn1c2ccccc2c2c1c1c3ccccc3n(-c3cc4c5c(c3)N(c3ccccc3)c3ccccc3B5c3ccccc3O4)c1c1c3ccccc3n(C)c21. The Kier molecular flexibility index (Phi) is 5.79. The van der Waals surface area contributed by atoms with E-state index in [0.29, 0.717) is 0 Å². The second kappa shape index (κ2) is 10.7. The van der Waals surface area contributed by atoms with Crippen LogP contribution in [0.25, 0.3) is 71.1 Å². The van der Waals surface area contributed by atoms with E-state index in [1.165, 1.54) is 82.0 Å². The molecular weight excluding hydrogens is 683 g/mol. The molecule has 0 aliphatic carbocycles. The summed E-state index contributed by atoms with van der Waals surface area (Å²) in [7, 11) is 4.46. The summed E-state index contributed by atoms with van der Waals surface area (Å²) in [6.45, 7) is 0.0357. The maximum atomic E-state index is 7.03. The maximum absolute atomic E-state index is 7.03. The van der Waals surface area contributed by atoms with Crippen molar-refractivity contribution in [1.82, 2.24) is 13.7 Å². The lowest BCUT2D eigenvalue weighted by Crippen LogP contribution is -2.59. The number of aryl methyl sites for hydroxylation is 2. The molecule has 5 heterocycles. The number of hydrogen-bond donors (Lipinski definition) is 0. The lowest BCUT2D eigenvalue weighted by atomic mass is 9.34. The van der Waals surface area contributed by atoms with E-state index < -0.39 is 0 Å². The molecule has 3 aromatic heterocycles. The Morgan fingerprint density at radius 2 is 0.964 bits per heavy atom. The highest BCUT2D eigenvalue weighted by atomic mass is 16.5. The van der Waals surface area contributed by atoms with Gasteiger partial charge in [-0.05, 0) is 64.9 Å². The third-order valence-electron chi connectivity index (χ3n) is 12.6. The molecule has 0 amide bonds. The van der Waals surface area contributed by atoms with Crippen LogP contribution in [0.2, 0.25) is 0 Å². The summed E-state index contributed by atoms with van der Waals surface area (Å²) >= 11 is 0. The highest BCUT2D eigenvalue weighted by molar-refractivity contribution is 6.99. The predicted octanol–water partition coefficient (Wildman–Crippen LogP) is 10.5. The first-order chi connectivity index (χ1) is 27.7. The number of anilines is 3. The summed E-state index contributed by atoms with van der Waals surface area (Å²) in [5, 5.41) is 7.57. The standard InChI is InChI=1S/C50H33BN4O/c1-52-37-23-11-6-18-32(37)44-48-45(33-19-7-12-24-38(33)53(48)2)50-46(49(44)52)34-20-8-13-25-39(34)55(50)31-28-41-47-43(29-31)56-42-27-15-10-22-36(42)51(47)35-21-9-14-26-40(35)54(41)30-16-4-3-5-17-30/h3-29H,1-2H3. The summed E-state index contributed by atoms with van der Waals surface area (Å²) in [5.41, 5.74) is 15.5. The summed E-state index contributed by atoms with van der Waals surface area (Å²) in [4.78, 5) is 2.44. The van der Waals surface area contributed by atoms with Gasteiger partial charge in [-0.15, -0.1) is 0 Å². The average Bonchev–Trinajstić information content (AvgIpc) is 3.85. The van der Waals surface area contributed by atoms with Crippen LogP contribution >= 0.6 is 0 Å². The van der Waals surface area contributed by atoms with E-state index in [2.05, 4.69) is 196 Å². The minimum Gasteiger partial charge on any atom is -0.458 e. The number of aromatic nitrogens is 3. The zero-order valence-electron chi connectivity index (χ0n) is 30.9. The molecule has 0 unspecified atom stereocenters. The number of ether oxygens (including phenoxy) is 1. The van der Waals surface area contributed by atoms with Crippen molar-refractivity contribution >= 4 is 106 Å². The molecule has 0 saturated heterocycles. The van der Waals surface area contributed by atoms with Gasteiger partial charge in [0.2, 0.25) is 0 Å². The molecule has 262 valence electrons. The fraction of sp³-hybridized carbons (Fsp3) is 0.0400. The Balaban J connectivity index is 1.24. The zero-order valence-corrected chi connectivity index (χ0v) is 30.9. The predicted molar refractivity (Wildman–Crippen MR) is 235 cm³/mol. The van der Waals surface area contributed by atoms with Crippen LogP contribution in [0.3, 0.4) is 0 Å². The quantitative estimate of drug-likeness (QED) is 0.167. The van der Waals surface area contributed by atoms with Crippen molar-refractivity contribution in [3.8, 4) is 17.2 Å². The van der Waals surface area contributed by atoms with Crippen LogP contribution in [0.1, 0.15) is 0 Å². The van der Waals surface area contributed by atoms with E-state index in [9.17, 15) is 0 Å². The minimum atomic E-state index is 0.0357. The second-order valence-corrected chi connectivity index (χ2v) is 15.4. The average molecular weight is 717 g/mol. The van der Waals surface area contributed by atoms with Crippen molar-refractivity contribution in [3.63, 3.8) is 0 Å². The number of nitrogens with zero attached hydrogens (tertiary/aromatic N) is 4. The van der Waals surface area contributed by atoms with Crippen LogP contribution < -0.4 is 26.0 Å². The third-order valence-corrected chi connectivity index (χ3v) is 12.6. The molecule has 0 atom stereocenters. The fourth-order valence-electron chi connectivity index (χ4n) is 10.5. The largest absolute Gasteiger partial charge is 0.458 e. The second-order valence-electron chi connectivity index (χ2n) is 15.4. The first-order valence-electron chi connectivity index (χ1n) is 19.4. The Hall–Kier alpha value is -7.18. The van der Waals surface area contributed by atoms with Crippen molar-refractivity contribution in [3.05, 3.63) is 164 Å². The Labute approximate surface area is 322 Å². The molecule has 0 fully saturated rings. The molecular formula is C50H33BN4O. The van der Waals surface area contributed by atoms with E-state index in [0.717, 1.165) is 34.1 Å². The zero-order chi connectivity index (χ0) is 36.8. The van der Waals surface area contributed by atoms with Crippen molar-refractivity contribution < 1.29 is 4.74 Å². The maximum Gasteiger partial charge on any atom is 0.256 e. The number of benzene rings is 8. The van der Waals surface area contributed by atoms with Crippen molar-refractivity contribution in [1.29, 1.82) is 0 Å². The molecule has 5 nitrogen and oxygen atoms in total. The van der Waals surface area contributed by atoms with Gasteiger partial charge in [0.25, 0.3) is 6.71 Å². The highest BCUT2D eigenvalue weighted by Gasteiger charge is 2.42. The van der Waals surface area contributed by atoms with E-state index in [1.807, 2.05) is 0 Å². The van der Waals surface area contributed by atoms with E-state index in [-0.39, 0.29) is 6.71 Å². The van der Waals surface area contributed by atoms with E-state index in [4.69, 9.17) is 4.74 Å². The topological polar surface area (TPSA) is 27.3 Å². The van der Waals surface area contributed by atoms with Gasteiger partial charge in [0.05, 0.1) is 27.8 Å². The van der Waals surface area contributed by atoms with Gasteiger partial charge >= 0.3 is 0 Å². The van der Waals surface area contributed by atoms with Crippen LogP contribution in [0.5, 0.6) is 11.5 Å². The molecule has 8 aromatic carbocycles. The van der Waals surface area contributed by atoms with Crippen LogP contribution in [0, 0.1) is 0 Å². The van der Waals surface area contributed by atoms with Gasteiger partial charge < -0.3 is 23.3 Å². The molecule has 56 heavy (non-hydrogen) atoms. The van der Waals surface area contributed by atoms with Crippen LogP contribution in [0.15, 0.2) is 164 Å². The van der Waals surface area contributed by atoms with Gasteiger partial charge in [0, 0.05) is 80.6 Å². The Morgan fingerprint density at radius 1 is 0.429 bits per heavy atom. The molecule has 0 saturated carbocycles. The number of rotatable bonds is 2. The fourth-order valence-corrected chi connectivity index (χ4v) is 10.5. The first-order valence-corrected chi connectivity index (χ1v) is 19.4. The van der Waals surface area contributed by atoms with E-state index >= 15 is 0 Å². The van der Waals surface area contributed by atoms with Crippen molar-refractivity contribution in [2.75, 3.05) is 4.90 Å². The molecule has 2 aliphatic heterocycles. The molecule has 0 spiro atoms. The van der Waals surface area contributed by atoms with Gasteiger partial charge in [-0.3, -0.25) is 0 Å². The van der Waals surface area contributed by atoms with Gasteiger partial charge in [0.1, 0.15) is 11.5 Å². The molecule has 6 heteroatoms. The smallest absolute Gasteiger partial charge is 0.256 e. The third kappa shape index (κ3) is 3.66. The Morgan fingerprint density at radius 3 is 1.66 bits per heavy atom. The van der Waals surface area contributed by atoms with Gasteiger partial charge in [-0.1, -0.05) is 109 Å². The van der Waals surface area contributed by atoms with E-state index in [1.54, 1.807) is 0 Å².